The zero-order valence-corrected chi connectivity index (χ0v) is 9.25. The third-order valence-corrected chi connectivity index (χ3v) is 2.97. The molecular weight excluding hydrogens is 227 g/mol. The predicted molar refractivity (Wildman–Crippen MR) is 60.1 cm³/mol. The Hall–Kier alpha value is -1.37. The molecule has 2 rings (SSSR count). The Morgan fingerprint density at radius 3 is 2.88 bits per heavy atom. The van der Waals surface area contributed by atoms with Crippen LogP contribution in [0.15, 0.2) is 29.9 Å². The van der Waals surface area contributed by atoms with Gasteiger partial charge >= 0.3 is 0 Å². The number of hydrogen-bond donors (Lipinski definition) is 2. The molecular formula is C10H11FN4S. The lowest BCUT2D eigenvalue weighted by atomic mass is 10.1. The molecule has 84 valence electrons. The highest BCUT2D eigenvalue weighted by atomic mass is 32.1. The van der Waals surface area contributed by atoms with E-state index in [1.165, 1.54) is 12.3 Å². The van der Waals surface area contributed by atoms with E-state index >= 15 is 0 Å². The van der Waals surface area contributed by atoms with Gasteiger partial charge in [-0.3, -0.25) is 16.3 Å². The van der Waals surface area contributed by atoms with Crippen LogP contribution in [0.4, 0.5) is 4.39 Å². The molecule has 4 nitrogen and oxygen atoms in total. The van der Waals surface area contributed by atoms with E-state index in [0.29, 0.717) is 12.1 Å². The average molecular weight is 238 g/mol. The number of aromatic nitrogens is 2. The summed E-state index contributed by atoms with van der Waals surface area (Å²) in [7, 11) is 0. The Bertz CT molecular complexity index is 429. The average Bonchev–Trinajstić information content (AvgIpc) is 2.80. The van der Waals surface area contributed by atoms with Crippen LogP contribution in [0.1, 0.15) is 16.7 Å². The molecule has 2 aromatic rings. The van der Waals surface area contributed by atoms with Gasteiger partial charge in [-0.05, 0) is 12.1 Å². The van der Waals surface area contributed by atoms with Crippen molar-refractivity contribution in [3.8, 4) is 0 Å². The van der Waals surface area contributed by atoms with Crippen LogP contribution in [0.25, 0.3) is 0 Å². The minimum absolute atomic E-state index is 0.147. The molecule has 0 aliphatic heterocycles. The zero-order chi connectivity index (χ0) is 11.4. The second kappa shape index (κ2) is 5.11. The highest BCUT2D eigenvalue weighted by Gasteiger charge is 2.13. The van der Waals surface area contributed by atoms with Crippen molar-refractivity contribution >= 4 is 11.3 Å². The number of nitrogens with one attached hydrogen (secondary N) is 1. The highest BCUT2D eigenvalue weighted by molar-refractivity contribution is 7.09. The minimum atomic E-state index is -0.353. The van der Waals surface area contributed by atoms with Crippen LogP contribution >= 0.6 is 11.3 Å². The highest BCUT2D eigenvalue weighted by Crippen LogP contribution is 2.17. The Kier molecular flexibility index (Phi) is 3.55. The lowest BCUT2D eigenvalue weighted by molar-refractivity contribution is 0.532. The summed E-state index contributed by atoms with van der Waals surface area (Å²) >= 11 is 1.56. The maximum absolute atomic E-state index is 12.7. The number of nitrogens with zero attached hydrogens (tertiary/aromatic N) is 2. The minimum Gasteiger partial charge on any atom is -0.271 e. The molecule has 0 aliphatic carbocycles. The topological polar surface area (TPSA) is 63.8 Å². The van der Waals surface area contributed by atoms with Gasteiger partial charge in [-0.15, -0.1) is 11.3 Å². The lowest BCUT2D eigenvalue weighted by Crippen LogP contribution is -2.30. The van der Waals surface area contributed by atoms with Crippen LogP contribution < -0.4 is 11.3 Å². The summed E-state index contributed by atoms with van der Waals surface area (Å²) in [5, 5.41) is 2.87. The molecule has 1 unspecified atom stereocenters. The van der Waals surface area contributed by atoms with E-state index < -0.39 is 0 Å². The Labute approximate surface area is 96.3 Å². The Morgan fingerprint density at radius 1 is 1.44 bits per heavy atom. The van der Waals surface area contributed by atoms with Crippen LogP contribution in [-0.4, -0.2) is 9.97 Å². The van der Waals surface area contributed by atoms with E-state index in [1.807, 2.05) is 5.38 Å². The van der Waals surface area contributed by atoms with Crippen molar-refractivity contribution in [2.45, 2.75) is 12.5 Å². The zero-order valence-electron chi connectivity index (χ0n) is 8.43. The summed E-state index contributed by atoms with van der Waals surface area (Å²) in [6, 6.07) is 2.84. The number of pyridine rings is 1. The van der Waals surface area contributed by atoms with Gasteiger partial charge in [-0.25, -0.2) is 9.37 Å². The summed E-state index contributed by atoms with van der Waals surface area (Å²) < 4.78 is 12.7. The fourth-order valence-corrected chi connectivity index (χ4v) is 2.03. The summed E-state index contributed by atoms with van der Waals surface area (Å²) in [5.41, 5.74) is 3.37. The fraction of sp³-hybridized carbons (Fsp3) is 0.200. The normalized spacial score (nSPS) is 12.6. The third kappa shape index (κ3) is 2.60. The number of hydrogen-bond acceptors (Lipinski definition) is 5. The standard InChI is InChI=1S/C10H11FN4S/c11-7-1-2-8(14-6-7)9(15-12)5-10-13-3-4-16-10/h1-4,6,9,15H,5,12H2. The first-order valence-corrected chi connectivity index (χ1v) is 5.63. The van der Waals surface area contributed by atoms with Gasteiger partial charge in [0.1, 0.15) is 5.82 Å². The Morgan fingerprint density at radius 2 is 2.31 bits per heavy atom. The molecule has 0 aromatic carbocycles. The second-order valence-electron chi connectivity index (χ2n) is 3.25. The van der Waals surface area contributed by atoms with E-state index in [2.05, 4.69) is 15.4 Å². The van der Waals surface area contributed by atoms with Gasteiger partial charge in [-0.1, -0.05) is 0 Å². The van der Waals surface area contributed by atoms with Crippen LogP contribution in [0, 0.1) is 5.82 Å². The molecule has 0 saturated heterocycles. The van der Waals surface area contributed by atoms with Crippen LogP contribution in [0.5, 0.6) is 0 Å². The molecule has 0 amide bonds. The smallest absolute Gasteiger partial charge is 0.141 e. The molecule has 3 N–H and O–H groups in total. The number of halogens is 1. The largest absolute Gasteiger partial charge is 0.271 e. The van der Waals surface area contributed by atoms with Gasteiger partial charge in [0, 0.05) is 18.0 Å². The van der Waals surface area contributed by atoms with E-state index in [-0.39, 0.29) is 11.9 Å². The van der Waals surface area contributed by atoms with Gasteiger partial charge < -0.3 is 0 Å². The quantitative estimate of drug-likeness (QED) is 0.624. The second-order valence-corrected chi connectivity index (χ2v) is 4.23. The lowest BCUT2D eigenvalue weighted by Gasteiger charge is -2.13. The van der Waals surface area contributed by atoms with E-state index in [4.69, 9.17) is 5.84 Å². The monoisotopic (exact) mass is 238 g/mol. The molecule has 0 aliphatic rings. The predicted octanol–water partition coefficient (Wildman–Crippen LogP) is 1.42. The first-order chi connectivity index (χ1) is 7.79. The van der Waals surface area contributed by atoms with E-state index in [9.17, 15) is 4.39 Å². The first-order valence-electron chi connectivity index (χ1n) is 4.75. The molecule has 1 atom stereocenters. The van der Waals surface area contributed by atoms with Crippen molar-refractivity contribution in [1.82, 2.24) is 15.4 Å². The van der Waals surface area contributed by atoms with Gasteiger partial charge in [0.25, 0.3) is 0 Å². The molecule has 2 heterocycles. The molecule has 0 bridgehead atoms. The number of rotatable bonds is 4. The maximum atomic E-state index is 12.7. The summed E-state index contributed by atoms with van der Waals surface area (Å²) in [4.78, 5) is 8.16. The van der Waals surface area contributed by atoms with Crippen molar-refractivity contribution in [2.75, 3.05) is 0 Å². The summed E-state index contributed by atoms with van der Waals surface area (Å²) in [6.45, 7) is 0. The van der Waals surface area contributed by atoms with E-state index in [1.54, 1.807) is 23.6 Å². The van der Waals surface area contributed by atoms with Crippen molar-refractivity contribution < 1.29 is 4.39 Å². The van der Waals surface area contributed by atoms with Gasteiger partial charge in [0.05, 0.1) is 22.9 Å². The molecule has 0 fully saturated rings. The summed E-state index contributed by atoms with van der Waals surface area (Å²) in [5.74, 6) is 5.10. The van der Waals surface area contributed by atoms with Crippen molar-refractivity contribution in [1.29, 1.82) is 0 Å². The molecule has 16 heavy (non-hydrogen) atoms. The molecule has 0 saturated carbocycles. The van der Waals surface area contributed by atoms with Crippen molar-refractivity contribution in [3.63, 3.8) is 0 Å². The van der Waals surface area contributed by atoms with Gasteiger partial charge in [0.2, 0.25) is 0 Å². The molecule has 0 spiro atoms. The fourth-order valence-electron chi connectivity index (χ4n) is 1.37. The van der Waals surface area contributed by atoms with Crippen molar-refractivity contribution in [2.24, 2.45) is 5.84 Å². The van der Waals surface area contributed by atoms with Crippen molar-refractivity contribution in [3.05, 3.63) is 46.4 Å². The summed E-state index contributed by atoms with van der Waals surface area (Å²) in [6.07, 6.45) is 3.57. The van der Waals surface area contributed by atoms with Gasteiger partial charge in [0.15, 0.2) is 0 Å². The SMILES string of the molecule is NNC(Cc1nccs1)c1ccc(F)cn1. The van der Waals surface area contributed by atoms with Gasteiger partial charge in [-0.2, -0.15) is 0 Å². The molecule has 6 heteroatoms. The number of hydrazine groups is 1. The number of nitrogens with two attached hydrogens (primary N) is 1. The molecule has 2 aromatic heterocycles. The van der Waals surface area contributed by atoms with Crippen LogP contribution in [-0.2, 0) is 6.42 Å². The molecule has 0 radical (unpaired) electrons. The maximum Gasteiger partial charge on any atom is 0.141 e. The van der Waals surface area contributed by atoms with Crippen LogP contribution in [0.2, 0.25) is 0 Å². The first kappa shape index (κ1) is 11.1. The number of thiazole rings is 1. The third-order valence-electron chi connectivity index (χ3n) is 2.17. The van der Waals surface area contributed by atoms with E-state index in [0.717, 1.165) is 5.01 Å². The van der Waals surface area contributed by atoms with Crippen LogP contribution in [0.3, 0.4) is 0 Å². The Balaban J connectivity index is 2.13.